The Bertz CT molecular complexity index is 861. The lowest BCUT2D eigenvalue weighted by Gasteiger charge is -2.37. The maximum absolute atomic E-state index is 13.2. The van der Waals surface area contributed by atoms with Gasteiger partial charge in [-0.3, -0.25) is 4.79 Å². The van der Waals surface area contributed by atoms with Gasteiger partial charge in [-0.25, -0.2) is 0 Å². The van der Waals surface area contributed by atoms with Gasteiger partial charge < -0.3 is 18.9 Å². The first-order chi connectivity index (χ1) is 15.0. The van der Waals surface area contributed by atoms with Crippen molar-refractivity contribution >= 4 is 5.78 Å². The van der Waals surface area contributed by atoms with Crippen LogP contribution in [0.5, 0.6) is 5.75 Å². The van der Waals surface area contributed by atoms with E-state index in [-0.39, 0.29) is 30.2 Å². The molecule has 0 aliphatic heterocycles. The number of hydrogen-bond acceptors (Lipinski definition) is 5. The molecule has 5 heteroatoms. The van der Waals surface area contributed by atoms with Crippen molar-refractivity contribution in [1.82, 2.24) is 0 Å². The van der Waals surface area contributed by atoms with Crippen LogP contribution >= 0.6 is 0 Å². The average molecular weight is 443 g/mol. The lowest BCUT2D eigenvalue weighted by molar-refractivity contribution is -0.0487. The highest BCUT2D eigenvalue weighted by molar-refractivity contribution is 6.06. The number of ether oxygens (including phenoxy) is 4. The highest BCUT2D eigenvalue weighted by atomic mass is 16.6. The molecule has 2 rings (SSSR count). The van der Waals surface area contributed by atoms with E-state index in [4.69, 9.17) is 18.9 Å². The Morgan fingerprint density at radius 1 is 0.875 bits per heavy atom. The van der Waals surface area contributed by atoms with E-state index in [2.05, 4.69) is 0 Å². The van der Waals surface area contributed by atoms with Crippen LogP contribution in [0.4, 0.5) is 0 Å². The van der Waals surface area contributed by atoms with E-state index in [0.717, 1.165) is 5.76 Å². The van der Waals surface area contributed by atoms with E-state index in [1.807, 2.05) is 85.7 Å². The summed E-state index contributed by atoms with van der Waals surface area (Å²) in [6.07, 6.45) is 7.61. The molecule has 5 nitrogen and oxygen atoms in total. The van der Waals surface area contributed by atoms with Crippen molar-refractivity contribution in [3.8, 4) is 5.75 Å². The number of allylic oxidation sites excluding steroid dienone is 2. The first kappa shape index (κ1) is 25.7. The third kappa shape index (κ3) is 6.99. The number of rotatable bonds is 11. The molecular weight excluding hydrogens is 404 g/mol. The van der Waals surface area contributed by atoms with Crippen molar-refractivity contribution in [1.29, 1.82) is 0 Å². The molecule has 1 aromatic carbocycles. The molecule has 32 heavy (non-hydrogen) atoms. The van der Waals surface area contributed by atoms with Gasteiger partial charge in [0.25, 0.3) is 0 Å². The van der Waals surface area contributed by atoms with Gasteiger partial charge in [-0.15, -0.1) is 0 Å². The third-order valence-corrected chi connectivity index (χ3v) is 4.44. The minimum Gasteiger partial charge on any atom is -0.491 e. The summed E-state index contributed by atoms with van der Waals surface area (Å²) in [6, 6.07) is 7.27. The van der Waals surface area contributed by atoms with Gasteiger partial charge in [0.1, 0.15) is 11.5 Å². The molecule has 0 bridgehead atoms. The van der Waals surface area contributed by atoms with Crippen LogP contribution in [-0.4, -0.2) is 35.8 Å². The molecule has 1 aliphatic rings. The van der Waals surface area contributed by atoms with Gasteiger partial charge in [-0.1, -0.05) is 18.2 Å². The van der Waals surface area contributed by atoms with E-state index in [1.54, 1.807) is 12.1 Å². The Labute approximate surface area is 193 Å². The largest absolute Gasteiger partial charge is 0.491 e. The van der Waals surface area contributed by atoms with E-state index in [9.17, 15) is 4.79 Å². The summed E-state index contributed by atoms with van der Waals surface area (Å²) in [5.74, 6) is 1.71. The second-order valence-corrected chi connectivity index (χ2v) is 9.01. The second-order valence-electron chi connectivity index (χ2n) is 9.01. The number of ketones is 1. The number of hydrogen-bond donors (Lipinski definition) is 0. The number of carbonyl (C=O) groups is 1. The number of carbonyl (C=O) groups excluding carboxylic acids is 1. The van der Waals surface area contributed by atoms with Crippen molar-refractivity contribution in [2.24, 2.45) is 0 Å². The zero-order valence-electron chi connectivity index (χ0n) is 20.7. The average Bonchev–Trinajstić information content (AvgIpc) is 2.68. The SMILES string of the molecule is CC(C)OC1=C(OC(C)C)C(/C=C/C(=O)c2ccccc2OC(C)C)(OC(C)C)C=CC1. The molecule has 0 fully saturated rings. The Morgan fingerprint density at radius 3 is 2.09 bits per heavy atom. The van der Waals surface area contributed by atoms with Crippen LogP contribution in [0.3, 0.4) is 0 Å². The summed E-state index contributed by atoms with van der Waals surface area (Å²) < 4.78 is 24.5. The summed E-state index contributed by atoms with van der Waals surface area (Å²) in [6.45, 7) is 15.7. The molecule has 0 saturated heterocycles. The fraction of sp³-hybridized carbons (Fsp3) is 0.519. The van der Waals surface area contributed by atoms with E-state index in [0.29, 0.717) is 23.5 Å². The standard InChI is InChI=1S/C27H38O5/c1-18(2)29-24-13-10-9-12-22(24)23(28)15-17-27(32-21(7)8)16-11-14-25(30-19(3)4)26(27)31-20(5)6/h9-13,15-21H,14H2,1-8H3/b17-15+. The van der Waals surface area contributed by atoms with Gasteiger partial charge >= 0.3 is 0 Å². The van der Waals surface area contributed by atoms with Crippen LogP contribution in [0.15, 0.2) is 60.1 Å². The Morgan fingerprint density at radius 2 is 1.50 bits per heavy atom. The lowest BCUT2D eigenvalue weighted by Crippen LogP contribution is -2.38. The van der Waals surface area contributed by atoms with E-state index in [1.165, 1.54) is 6.08 Å². The molecule has 1 unspecified atom stereocenters. The molecule has 0 spiro atoms. The first-order valence-electron chi connectivity index (χ1n) is 11.5. The van der Waals surface area contributed by atoms with E-state index >= 15 is 0 Å². The van der Waals surface area contributed by atoms with Crippen molar-refractivity contribution in [3.63, 3.8) is 0 Å². The van der Waals surface area contributed by atoms with Crippen molar-refractivity contribution < 1.29 is 23.7 Å². The Hall–Kier alpha value is -2.53. The summed E-state index contributed by atoms with van der Waals surface area (Å²) in [5, 5.41) is 0. The highest BCUT2D eigenvalue weighted by Crippen LogP contribution is 2.37. The molecule has 0 aromatic heterocycles. The first-order valence-corrected chi connectivity index (χ1v) is 11.5. The smallest absolute Gasteiger partial charge is 0.189 e. The van der Waals surface area contributed by atoms with Crippen molar-refractivity contribution in [2.75, 3.05) is 0 Å². The summed E-state index contributed by atoms with van der Waals surface area (Å²) >= 11 is 0. The van der Waals surface area contributed by atoms with Crippen LogP contribution in [0.1, 0.15) is 72.2 Å². The normalized spacial score (nSPS) is 19.0. The molecule has 0 amide bonds. The minimum absolute atomic E-state index is 0.00955. The van der Waals surface area contributed by atoms with Crippen LogP contribution in [0, 0.1) is 0 Å². The molecule has 0 N–H and O–H groups in total. The van der Waals surface area contributed by atoms with Crippen LogP contribution in [0.25, 0.3) is 0 Å². The topological polar surface area (TPSA) is 54.0 Å². The third-order valence-electron chi connectivity index (χ3n) is 4.44. The maximum Gasteiger partial charge on any atom is 0.189 e. The highest BCUT2D eigenvalue weighted by Gasteiger charge is 2.39. The Kier molecular flexibility index (Phi) is 9.14. The van der Waals surface area contributed by atoms with Gasteiger partial charge in [-0.05, 0) is 85.8 Å². The summed E-state index contributed by atoms with van der Waals surface area (Å²) in [7, 11) is 0. The predicted molar refractivity (Wildman–Crippen MR) is 128 cm³/mol. The maximum atomic E-state index is 13.2. The van der Waals surface area contributed by atoms with Crippen LogP contribution < -0.4 is 4.74 Å². The molecular formula is C27H38O5. The van der Waals surface area contributed by atoms with Gasteiger partial charge in [0.15, 0.2) is 17.1 Å². The molecule has 176 valence electrons. The number of benzene rings is 1. The zero-order chi connectivity index (χ0) is 23.9. The molecule has 1 aromatic rings. The van der Waals surface area contributed by atoms with Gasteiger partial charge in [0.05, 0.1) is 30.0 Å². The Balaban J connectivity index is 2.51. The molecule has 1 atom stereocenters. The minimum atomic E-state index is -1.04. The molecule has 1 aliphatic carbocycles. The fourth-order valence-corrected chi connectivity index (χ4v) is 3.48. The molecule has 0 heterocycles. The predicted octanol–water partition coefficient (Wildman–Crippen LogP) is 6.40. The second kappa shape index (κ2) is 11.4. The fourth-order valence-electron chi connectivity index (χ4n) is 3.48. The lowest BCUT2D eigenvalue weighted by atomic mass is 9.91. The number of para-hydroxylation sites is 1. The molecule has 0 radical (unpaired) electrons. The molecule has 0 saturated carbocycles. The summed E-state index contributed by atoms with van der Waals surface area (Å²) in [5.41, 5.74) is -0.532. The zero-order valence-corrected chi connectivity index (χ0v) is 20.7. The van der Waals surface area contributed by atoms with Gasteiger partial charge in [0, 0.05) is 6.42 Å². The quantitative estimate of drug-likeness (QED) is 0.225. The van der Waals surface area contributed by atoms with Gasteiger partial charge in [0.2, 0.25) is 0 Å². The monoisotopic (exact) mass is 442 g/mol. The van der Waals surface area contributed by atoms with Crippen molar-refractivity contribution in [3.05, 3.63) is 65.7 Å². The van der Waals surface area contributed by atoms with Crippen molar-refractivity contribution in [2.45, 2.75) is 91.8 Å². The van der Waals surface area contributed by atoms with Crippen LogP contribution in [0.2, 0.25) is 0 Å². The van der Waals surface area contributed by atoms with Crippen LogP contribution in [-0.2, 0) is 14.2 Å². The summed E-state index contributed by atoms with van der Waals surface area (Å²) in [4.78, 5) is 13.2. The van der Waals surface area contributed by atoms with E-state index < -0.39 is 5.60 Å². The van der Waals surface area contributed by atoms with Gasteiger partial charge in [-0.2, -0.15) is 0 Å².